The van der Waals surface area contributed by atoms with Crippen molar-refractivity contribution in [1.82, 2.24) is 0 Å². The van der Waals surface area contributed by atoms with Gasteiger partial charge in [-0.3, -0.25) is 5.26 Å². The van der Waals surface area contributed by atoms with Crippen LogP contribution in [0.5, 0.6) is 5.75 Å². The maximum atomic E-state index is 8.98. The van der Waals surface area contributed by atoms with Crippen LogP contribution in [0.2, 0.25) is 0 Å². The van der Waals surface area contributed by atoms with E-state index in [1.165, 1.54) is 42.4 Å². The van der Waals surface area contributed by atoms with Crippen molar-refractivity contribution in [3.8, 4) is 16.9 Å². The summed E-state index contributed by atoms with van der Waals surface area (Å²) < 4.78 is 0. The smallest absolute Gasteiger partial charge is 0.165 e. The molecule has 1 aliphatic carbocycles. The predicted molar refractivity (Wildman–Crippen MR) is 136 cm³/mol. The Bertz CT molecular complexity index is 1050. The molecule has 0 aliphatic heterocycles. The van der Waals surface area contributed by atoms with Gasteiger partial charge in [-0.2, -0.15) is 4.89 Å². The maximum Gasteiger partial charge on any atom is 0.165 e. The minimum absolute atomic E-state index is 0.355. The van der Waals surface area contributed by atoms with Crippen molar-refractivity contribution in [2.75, 3.05) is 6.61 Å². The van der Waals surface area contributed by atoms with Crippen molar-refractivity contribution in [2.24, 2.45) is 0 Å². The molecule has 1 fully saturated rings. The Kier molecular flexibility index (Phi) is 8.31. The van der Waals surface area contributed by atoms with Gasteiger partial charge in [0.2, 0.25) is 0 Å². The van der Waals surface area contributed by atoms with E-state index < -0.39 is 6.10 Å². The summed E-state index contributed by atoms with van der Waals surface area (Å²) in [6.07, 6.45) is 7.51. The highest BCUT2D eigenvalue weighted by Gasteiger charge is 2.23. The third kappa shape index (κ3) is 5.84. The second-order valence-corrected chi connectivity index (χ2v) is 8.78. The summed E-state index contributed by atoms with van der Waals surface area (Å²) in [5.74, 6) is 1.86. The molecule has 176 valence electrons. The second kappa shape index (κ2) is 11.8. The van der Waals surface area contributed by atoms with Crippen LogP contribution in [0.4, 0.5) is 0 Å². The van der Waals surface area contributed by atoms with E-state index in [0.717, 1.165) is 11.1 Å². The van der Waals surface area contributed by atoms with Crippen LogP contribution in [0.3, 0.4) is 0 Å². The Labute approximate surface area is 202 Å². The van der Waals surface area contributed by atoms with E-state index in [9.17, 15) is 0 Å². The molecule has 1 aliphatic rings. The van der Waals surface area contributed by atoms with Gasteiger partial charge in [-0.05, 0) is 77.5 Å². The lowest BCUT2D eigenvalue weighted by molar-refractivity contribution is -0.268. The lowest BCUT2D eigenvalue weighted by atomic mass is 9.76. The number of hydrogen-bond acceptors (Lipinski definition) is 4. The summed E-state index contributed by atoms with van der Waals surface area (Å²) in [5, 5.41) is 8.98. The van der Waals surface area contributed by atoms with E-state index in [1.54, 1.807) is 12.2 Å². The Hall–Kier alpha value is -3.18. The van der Waals surface area contributed by atoms with E-state index in [2.05, 4.69) is 54.4 Å². The van der Waals surface area contributed by atoms with E-state index >= 15 is 0 Å². The predicted octanol–water partition coefficient (Wildman–Crippen LogP) is 8.01. The van der Waals surface area contributed by atoms with Crippen molar-refractivity contribution >= 4 is 0 Å². The summed E-state index contributed by atoms with van der Waals surface area (Å²) in [6.45, 7) is 7.65. The summed E-state index contributed by atoms with van der Waals surface area (Å²) >= 11 is 0. The average Bonchev–Trinajstić information content (AvgIpc) is 2.91. The van der Waals surface area contributed by atoms with Crippen molar-refractivity contribution < 1.29 is 19.9 Å². The van der Waals surface area contributed by atoms with Gasteiger partial charge < -0.3 is 4.89 Å². The Balaban J connectivity index is 1.32. The van der Waals surface area contributed by atoms with Crippen LogP contribution in [-0.4, -0.2) is 11.9 Å². The van der Waals surface area contributed by atoms with Crippen molar-refractivity contribution in [2.45, 2.75) is 43.6 Å². The lowest BCUT2D eigenvalue weighted by Crippen LogP contribution is -2.12. The molecule has 3 aromatic rings. The first-order valence-corrected chi connectivity index (χ1v) is 11.8. The largest absolute Gasteiger partial charge is 0.337 e. The van der Waals surface area contributed by atoms with E-state index in [-0.39, 0.29) is 0 Å². The minimum Gasteiger partial charge on any atom is -0.337 e. The van der Waals surface area contributed by atoms with Gasteiger partial charge in [0.25, 0.3) is 0 Å². The highest BCUT2D eigenvalue weighted by molar-refractivity contribution is 5.64. The summed E-state index contributed by atoms with van der Waals surface area (Å²) in [5.41, 5.74) is 6.05. The fraction of sp³-hybridized carbons (Fsp3) is 0.267. The van der Waals surface area contributed by atoms with Gasteiger partial charge in [-0.25, -0.2) is 4.89 Å². The number of rotatable bonds is 10. The molecule has 0 radical (unpaired) electrons. The van der Waals surface area contributed by atoms with Crippen molar-refractivity contribution in [3.63, 3.8) is 0 Å². The first-order chi connectivity index (χ1) is 16.7. The van der Waals surface area contributed by atoms with Crippen LogP contribution in [0.25, 0.3) is 11.1 Å². The molecule has 1 saturated carbocycles. The van der Waals surface area contributed by atoms with Gasteiger partial charge in [-0.15, -0.1) is 13.2 Å². The molecule has 1 N–H and O–H groups in total. The summed E-state index contributed by atoms with van der Waals surface area (Å²) in [4.78, 5) is 14.7. The molecule has 4 heteroatoms. The average molecular weight is 457 g/mol. The van der Waals surface area contributed by atoms with Crippen LogP contribution in [0.15, 0.2) is 98.1 Å². The first-order valence-electron chi connectivity index (χ1n) is 11.8. The monoisotopic (exact) mass is 456 g/mol. The zero-order valence-electron chi connectivity index (χ0n) is 19.4. The molecule has 1 atom stereocenters. The molecule has 0 spiro atoms. The Morgan fingerprint density at radius 1 is 0.765 bits per heavy atom. The standard InChI is InChI=1S/C30H32O4/c1-3-21-32-34-29-19-17-27(18-20-29)25-11-9-23(10-12-25)22-5-7-24(8-6-22)26-13-15-28(16-14-26)30(4-2)33-31/h3-4,9-20,22,24,30-31H,1-2,5-8,21H2. The quantitative estimate of drug-likeness (QED) is 0.145. The van der Waals surface area contributed by atoms with Crippen LogP contribution < -0.4 is 4.89 Å². The number of hydrogen-bond donors (Lipinski definition) is 1. The van der Waals surface area contributed by atoms with Crippen molar-refractivity contribution in [3.05, 3.63) is 115 Å². The molecular formula is C30H32O4. The molecule has 1 unspecified atom stereocenters. The molecule has 0 saturated heterocycles. The Morgan fingerprint density at radius 3 is 1.74 bits per heavy atom. The SMILES string of the molecule is C=CCOOc1ccc(-c2ccc(C3CCC(c4ccc(C(C=C)OO)cc4)CC3)cc2)cc1. The molecule has 4 nitrogen and oxygen atoms in total. The zero-order valence-corrected chi connectivity index (χ0v) is 19.4. The summed E-state index contributed by atoms with van der Waals surface area (Å²) in [6, 6.07) is 25.2. The zero-order chi connectivity index (χ0) is 23.8. The third-order valence-electron chi connectivity index (χ3n) is 6.70. The van der Waals surface area contributed by atoms with E-state index in [0.29, 0.717) is 24.2 Å². The van der Waals surface area contributed by atoms with Crippen LogP contribution in [0, 0.1) is 0 Å². The number of benzene rings is 3. The van der Waals surface area contributed by atoms with Crippen LogP contribution in [0.1, 0.15) is 60.3 Å². The fourth-order valence-electron chi connectivity index (χ4n) is 4.76. The summed E-state index contributed by atoms with van der Waals surface area (Å²) in [7, 11) is 0. The lowest BCUT2D eigenvalue weighted by Gasteiger charge is -2.29. The maximum absolute atomic E-state index is 8.98. The minimum atomic E-state index is -0.476. The molecule has 0 heterocycles. The van der Waals surface area contributed by atoms with E-state index in [4.69, 9.17) is 15.0 Å². The molecule has 0 aromatic heterocycles. The highest BCUT2D eigenvalue weighted by atomic mass is 17.2. The first kappa shape index (κ1) is 24.0. The third-order valence-corrected chi connectivity index (χ3v) is 6.70. The molecule has 4 rings (SSSR count). The van der Waals surface area contributed by atoms with Crippen molar-refractivity contribution in [1.29, 1.82) is 0 Å². The second-order valence-electron chi connectivity index (χ2n) is 8.78. The molecule has 0 amide bonds. The van der Waals surface area contributed by atoms with Gasteiger partial charge in [0.05, 0.1) is 0 Å². The van der Waals surface area contributed by atoms with Gasteiger partial charge >= 0.3 is 0 Å². The van der Waals surface area contributed by atoms with Gasteiger partial charge in [0.15, 0.2) is 5.75 Å². The normalized spacial score (nSPS) is 18.7. The molecule has 34 heavy (non-hydrogen) atoms. The fourth-order valence-corrected chi connectivity index (χ4v) is 4.76. The van der Waals surface area contributed by atoms with E-state index in [1.807, 2.05) is 36.4 Å². The van der Waals surface area contributed by atoms with Crippen LogP contribution in [-0.2, 0) is 9.78 Å². The van der Waals surface area contributed by atoms with Gasteiger partial charge in [0.1, 0.15) is 12.7 Å². The molecular weight excluding hydrogens is 424 g/mol. The molecule has 0 bridgehead atoms. The molecule has 3 aromatic carbocycles. The highest BCUT2D eigenvalue weighted by Crippen LogP contribution is 2.41. The topological polar surface area (TPSA) is 47.9 Å². The van der Waals surface area contributed by atoms with Crippen LogP contribution >= 0.6 is 0 Å². The van der Waals surface area contributed by atoms with Gasteiger partial charge in [0, 0.05) is 0 Å². The Morgan fingerprint density at radius 2 is 1.26 bits per heavy atom. The van der Waals surface area contributed by atoms with Gasteiger partial charge in [-0.1, -0.05) is 72.8 Å².